The summed E-state index contributed by atoms with van der Waals surface area (Å²) in [7, 11) is 0. The number of carbonyl (C=O) groups excluding carboxylic acids is 9. The molecular weight excluding hydrogens is 1040 g/mol. The molecule has 0 fully saturated rings. The predicted molar refractivity (Wildman–Crippen MR) is 295 cm³/mol. The van der Waals surface area contributed by atoms with Crippen molar-refractivity contribution >= 4 is 64.6 Å². The lowest BCUT2D eigenvalue weighted by atomic mass is 9.85. The van der Waals surface area contributed by atoms with Crippen LogP contribution in [0.5, 0.6) is 0 Å². The SMILES string of the molecule is CC.CC.CCNC(=O)CNC(=O)CCCCCN1C(=O)C=CC1=O.CCNC(=O)COCNC(=O)CNC(=O)C(Cc1ccccc1)NC=O.Cc1c(F)cc2nc3c(c4c2c1CCC4)Cn1c-3cc2c(c1=O)COC(=O)C2O. The Hall–Kier alpha value is -8.18. The molecule has 4 aliphatic rings. The molecule has 0 radical (unpaired) electrons. The number of hydrogen-bond donors (Lipinski definition) is 7. The van der Waals surface area contributed by atoms with Gasteiger partial charge in [-0.1, -0.05) is 64.4 Å². The van der Waals surface area contributed by atoms with Crippen LogP contribution < -0.4 is 37.5 Å². The van der Waals surface area contributed by atoms with Crippen molar-refractivity contribution < 1.29 is 62.1 Å². The average Bonchev–Trinajstić information content (AvgIpc) is 4.16. The quantitative estimate of drug-likeness (QED) is 0.0183. The number of aryl methyl sites for hydroxylation is 2. The number of esters is 1. The van der Waals surface area contributed by atoms with Crippen LogP contribution in [0.4, 0.5) is 4.39 Å². The van der Waals surface area contributed by atoms with Crippen molar-refractivity contribution in [1.29, 1.82) is 0 Å². The summed E-state index contributed by atoms with van der Waals surface area (Å²) in [5.41, 5.74) is 6.74. The number of unbranched alkanes of at least 4 members (excludes halogenated alkanes) is 2. The van der Waals surface area contributed by atoms with Gasteiger partial charge in [0.05, 0.1) is 42.1 Å². The lowest BCUT2D eigenvalue weighted by Crippen LogP contribution is -2.48. The number of benzene rings is 2. The summed E-state index contributed by atoms with van der Waals surface area (Å²) in [6.07, 6.45) is 6.79. The van der Waals surface area contributed by atoms with E-state index in [1.807, 2.05) is 65.0 Å². The van der Waals surface area contributed by atoms with Gasteiger partial charge in [0.25, 0.3) is 17.4 Å². The molecular formula is C57H74FN9O13. The highest BCUT2D eigenvalue weighted by Gasteiger charge is 2.35. The van der Waals surface area contributed by atoms with Crippen LogP contribution >= 0.6 is 0 Å². The number of aliphatic hydroxyl groups excluding tert-OH is 1. The second-order valence-electron chi connectivity index (χ2n) is 18.0. The zero-order valence-electron chi connectivity index (χ0n) is 46.5. The molecule has 4 aromatic rings. The fourth-order valence-electron chi connectivity index (χ4n) is 9.01. The molecule has 0 spiro atoms. The highest BCUT2D eigenvalue weighted by atomic mass is 19.1. The first-order valence-electron chi connectivity index (χ1n) is 27.0. The van der Waals surface area contributed by atoms with E-state index < -0.39 is 29.9 Å². The van der Waals surface area contributed by atoms with Crippen molar-refractivity contribution in [2.75, 3.05) is 46.1 Å². The van der Waals surface area contributed by atoms with Crippen molar-refractivity contribution in [3.05, 3.63) is 110 Å². The number of likely N-dealkylation sites (N-methyl/N-ethyl adjacent to an activating group) is 2. The second kappa shape index (κ2) is 32.7. The van der Waals surface area contributed by atoms with Crippen LogP contribution in [0, 0.1) is 12.7 Å². The van der Waals surface area contributed by atoms with E-state index in [2.05, 4.69) is 31.9 Å². The molecule has 8 amide bonds. The van der Waals surface area contributed by atoms with Gasteiger partial charge in [0.2, 0.25) is 35.9 Å². The molecule has 8 rings (SSSR count). The lowest BCUT2D eigenvalue weighted by molar-refractivity contribution is -0.157. The maximum absolute atomic E-state index is 14.5. The molecule has 80 heavy (non-hydrogen) atoms. The average molecular weight is 1110 g/mol. The van der Waals surface area contributed by atoms with Crippen molar-refractivity contribution in [3.63, 3.8) is 0 Å². The number of cyclic esters (lactones) is 1. The summed E-state index contributed by atoms with van der Waals surface area (Å²) in [6, 6.07) is 11.5. The maximum atomic E-state index is 14.5. The Bertz CT molecular complexity index is 2950. The Labute approximate surface area is 464 Å². The first kappa shape index (κ1) is 64.3. The van der Waals surface area contributed by atoms with Crippen LogP contribution in [0.15, 0.2) is 59.4 Å². The zero-order chi connectivity index (χ0) is 58.9. The fraction of sp³-hybridized carbons (Fsp3) is 0.456. The molecule has 22 nitrogen and oxygen atoms in total. The molecule has 1 aliphatic carbocycles. The van der Waals surface area contributed by atoms with Crippen LogP contribution in [0.2, 0.25) is 0 Å². The lowest BCUT2D eigenvalue weighted by Gasteiger charge is -2.22. The van der Waals surface area contributed by atoms with E-state index in [0.29, 0.717) is 86.3 Å². The monoisotopic (exact) mass is 1110 g/mol. The number of carbonyl (C=O) groups is 9. The number of halogens is 1. The number of nitrogens with zero attached hydrogens (tertiary/aromatic N) is 3. The van der Waals surface area contributed by atoms with Crippen LogP contribution in [0.1, 0.15) is 119 Å². The van der Waals surface area contributed by atoms with Gasteiger partial charge >= 0.3 is 5.97 Å². The van der Waals surface area contributed by atoms with Gasteiger partial charge in [0.1, 0.15) is 31.8 Å². The van der Waals surface area contributed by atoms with E-state index >= 15 is 0 Å². The summed E-state index contributed by atoms with van der Waals surface area (Å²) >= 11 is 0. The Kier molecular flexibility index (Phi) is 26.3. The first-order chi connectivity index (χ1) is 38.6. The number of fused-ring (bicyclic) bond motifs is 5. The van der Waals surface area contributed by atoms with Gasteiger partial charge in [-0.3, -0.25) is 48.1 Å². The van der Waals surface area contributed by atoms with E-state index in [1.54, 1.807) is 24.5 Å². The van der Waals surface area contributed by atoms with Crippen LogP contribution in [0.25, 0.3) is 22.3 Å². The fourth-order valence-corrected chi connectivity index (χ4v) is 9.01. The summed E-state index contributed by atoms with van der Waals surface area (Å²) in [6.45, 7) is 14.5. The third-order valence-corrected chi connectivity index (χ3v) is 12.8. The zero-order valence-corrected chi connectivity index (χ0v) is 46.5. The molecule has 3 aliphatic heterocycles. The Morgan fingerprint density at radius 2 is 1.46 bits per heavy atom. The largest absolute Gasteiger partial charge is 0.458 e. The summed E-state index contributed by atoms with van der Waals surface area (Å²) in [5, 5.41) is 26.2. The molecule has 0 saturated heterocycles. The highest BCUT2D eigenvalue weighted by molar-refractivity contribution is 6.12. The molecule has 0 saturated carbocycles. The van der Waals surface area contributed by atoms with Gasteiger partial charge in [-0.05, 0) is 81.2 Å². The van der Waals surface area contributed by atoms with Gasteiger partial charge in [-0.2, -0.15) is 0 Å². The summed E-state index contributed by atoms with van der Waals surface area (Å²) in [4.78, 5) is 122. The van der Waals surface area contributed by atoms with Gasteiger partial charge in [0, 0.05) is 67.2 Å². The van der Waals surface area contributed by atoms with Crippen LogP contribution in [-0.2, 0) is 85.0 Å². The Balaban J connectivity index is 0.000000254. The minimum atomic E-state index is -1.48. The Morgan fingerprint density at radius 1 is 0.812 bits per heavy atom. The first-order valence-corrected chi connectivity index (χ1v) is 27.0. The molecule has 7 N–H and O–H groups in total. The van der Waals surface area contributed by atoms with E-state index in [1.165, 1.54) is 23.1 Å². The second-order valence-corrected chi connectivity index (χ2v) is 18.0. The molecule has 5 heterocycles. The van der Waals surface area contributed by atoms with E-state index in [-0.39, 0.29) is 79.5 Å². The van der Waals surface area contributed by atoms with E-state index in [4.69, 9.17) is 14.5 Å². The van der Waals surface area contributed by atoms with Crippen molar-refractivity contribution in [3.8, 4) is 11.4 Å². The van der Waals surface area contributed by atoms with Gasteiger partial charge < -0.3 is 51.0 Å². The number of aliphatic hydroxyl groups is 1. The smallest absolute Gasteiger partial charge is 0.340 e. The number of nitrogens with one attached hydrogen (secondary N) is 6. The van der Waals surface area contributed by atoms with Gasteiger partial charge in [-0.15, -0.1) is 0 Å². The minimum absolute atomic E-state index is 0.00484. The number of rotatable bonds is 21. The molecule has 2 aromatic heterocycles. The van der Waals surface area contributed by atoms with Crippen molar-refractivity contribution in [1.82, 2.24) is 46.4 Å². The number of pyridine rings is 2. The summed E-state index contributed by atoms with van der Waals surface area (Å²) < 4.78 is 26.0. The number of hydrogen-bond acceptors (Lipinski definition) is 14. The third kappa shape index (κ3) is 17.4. The molecule has 23 heteroatoms. The number of imide groups is 1. The molecule has 2 atom stereocenters. The predicted octanol–water partition coefficient (Wildman–Crippen LogP) is 2.91. The minimum Gasteiger partial charge on any atom is -0.458 e. The molecule has 0 bridgehead atoms. The standard InChI is InChI=1S/C22H17FN2O4.C17H24N4O5.C14H21N3O4.2C2H6/c1-9-10-3-2-4-11-13-7-25-17(19(13)24-16(18(10)11)6-15(9)23)5-12-14(21(25)27)8-29-22(28)20(12)26;1-2-18-16(24)10-26-12-21-15(23)9-19-17(25)14(20-11-22)8-13-6-4-3-5-7-13;1-2-15-12(19)10-16-11(18)6-4-3-5-9-17-13(20)7-8-14(17)21;2*1-2/h5-6,20,26H,2-4,7-8H2,1H3;3-7,11,14H,2,8-10,12H2,1H3,(H,18,24)(H,19,25)(H,20,22)(H,21,23);7-8H,2-6,9-10H2,1H3,(H,15,19)(H,16,18);2*1-2H3. The number of aromatic nitrogens is 2. The van der Waals surface area contributed by atoms with E-state index in [0.717, 1.165) is 53.3 Å². The van der Waals surface area contributed by atoms with Gasteiger partial charge in [0.15, 0.2) is 6.10 Å². The maximum Gasteiger partial charge on any atom is 0.340 e. The highest BCUT2D eigenvalue weighted by Crippen LogP contribution is 2.42. The van der Waals surface area contributed by atoms with Crippen molar-refractivity contribution in [2.24, 2.45) is 0 Å². The Morgan fingerprint density at radius 3 is 2.14 bits per heavy atom. The number of amides is 8. The topological polar surface area (TPSA) is 303 Å². The third-order valence-electron chi connectivity index (χ3n) is 12.8. The molecule has 432 valence electrons. The van der Waals surface area contributed by atoms with E-state index in [9.17, 15) is 57.4 Å². The summed E-state index contributed by atoms with van der Waals surface area (Å²) in [5.74, 6) is -3.19. The van der Waals surface area contributed by atoms with Gasteiger partial charge in [-0.25, -0.2) is 14.2 Å². The molecule has 2 unspecified atom stereocenters. The molecule has 2 aromatic carbocycles. The van der Waals surface area contributed by atoms with Crippen molar-refractivity contribution in [2.45, 2.75) is 125 Å². The van der Waals surface area contributed by atoms with Crippen LogP contribution in [-0.4, -0.2) is 125 Å². The normalized spacial score (nSPS) is 14.2. The number of ether oxygens (including phenoxy) is 2. The van der Waals surface area contributed by atoms with Crippen LogP contribution in [0.3, 0.4) is 0 Å².